The molecule has 0 N–H and O–H groups in total. The molecule has 2 atom stereocenters. The normalized spacial score (nSPS) is 23.0. The van der Waals surface area contributed by atoms with Gasteiger partial charge in [-0.2, -0.15) is 23.3 Å². The summed E-state index contributed by atoms with van der Waals surface area (Å²) in [6.07, 6.45) is 12.8. The van der Waals surface area contributed by atoms with E-state index in [4.69, 9.17) is 0 Å². The average molecular weight is 369 g/mol. The molecule has 0 aromatic heterocycles. The molecule has 140 valence electrons. The van der Waals surface area contributed by atoms with Gasteiger partial charge in [0.15, 0.2) is 0 Å². The molecule has 0 radical (unpaired) electrons. The summed E-state index contributed by atoms with van der Waals surface area (Å²) in [5.74, 6) is 0.881. The Kier molecular flexibility index (Phi) is 9.59. The Hall–Kier alpha value is 0.372. The van der Waals surface area contributed by atoms with Crippen LogP contribution in [0.25, 0.3) is 0 Å². The van der Waals surface area contributed by atoms with E-state index in [0.717, 1.165) is 0 Å². The second kappa shape index (κ2) is 9.46. The van der Waals surface area contributed by atoms with Crippen LogP contribution >= 0.6 is 0 Å². The Morgan fingerprint density at radius 3 is 1.26 bits per heavy atom. The minimum Gasteiger partial charge on any atom is -0.270 e. The molecule has 0 spiro atoms. The van der Waals surface area contributed by atoms with Crippen LogP contribution in [0.2, 0.25) is 12.1 Å². The second-order valence-corrected chi connectivity index (χ2v) is 14.6. The first-order valence-corrected chi connectivity index (χ1v) is 12.5. The Balaban J connectivity index is 0.00000338. The molecule has 0 bridgehead atoms. The molecular formula is C24H38Li2Si. The van der Waals surface area contributed by atoms with Gasteiger partial charge in [0.1, 0.15) is 0 Å². The predicted molar refractivity (Wildman–Crippen MR) is 114 cm³/mol. The minimum atomic E-state index is -1.83. The van der Waals surface area contributed by atoms with Crippen LogP contribution < -0.4 is 37.7 Å². The standard InChI is InChI=1S/C24H38Si.2Li/c1-11-25(12-2,21-15-17(3)13-19(21)23(5,6)7)22-16-18(4)14-20(22)24(8,9)10;;/h13-14,17-18H,11-12H2,1-10H3;;/q-2;2*+1. The monoisotopic (exact) mass is 368 g/mol. The maximum absolute atomic E-state index is 3.91. The summed E-state index contributed by atoms with van der Waals surface area (Å²) in [6.45, 7) is 23.6. The molecule has 0 aromatic rings. The van der Waals surface area contributed by atoms with Crippen molar-refractivity contribution in [2.24, 2.45) is 22.7 Å². The van der Waals surface area contributed by atoms with E-state index in [1.807, 2.05) is 0 Å². The van der Waals surface area contributed by atoms with Crippen molar-refractivity contribution in [1.82, 2.24) is 0 Å². The summed E-state index contributed by atoms with van der Waals surface area (Å²) in [5.41, 5.74) is 3.48. The van der Waals surface area contributed by atoms with Gasteiger partial charge in [0, 0.05) is 8.07 Å². The Bertz CT molecular complexity index is 593. The molecule has 2 rings (SSSR count). The fourth-order valence-electron chi connectivity index (χ4n) is 4.48. The number of allylic oxidation sites excluding steroid dienone is 8. The van der Waals surface area contributed by atoms with Gasteiger partial charge >= 0.3 is 37.7 Å². The van der Waals surface area contributed by atoms with Gasteiger partial charge in [0.25, 0.3) is 0 Å². The minimum absolute atomic E-state index is 0. The first kappa shape index (κ1) is 27.4. The van der Waals surface area contributed by atoms with Crippen molar-refractivity contribution >= 4 is 8.07 Å². The van der Waals surface area contributed by atoms with Crippen molar-refractivity contribution in [2.75, 3.05) is 0 Å². The fourth-order valence-corrected chi connectivity index (χ4v) is 9.60. The van der Waals surface area contributed by atoms with Crippen LogP contribution in [-0.2, 0) is 0 Å². The molecular weight excluding hydrogens is 330 g/mol. The molecule has 0 fully saturated rings. The summed E-state index contributed by atoms with van der Waals surface area (Å²) in [4.78, 5) is 0. The Morgan fingerprint density at radius 1 is 0.741 bits per heavy atom. The summed E-state index contributed by atoms with van der Waals surface area (Å²) >= 11 is 0. The predicted octanol–water partition coefficient (Wildman–Crippen LogP) is 1.26. The third-order valence-electron chi connectivity index (χ3n) is 5.90. The van der Waals surface area contributed by atoms with E-state index in [0.29, 0.717) is 11.8 Å². The van der Waals surface area contributed by atoms with Crippen molar-refractivity contribution in [3.63, 3.8) is 0 Å². The molecule has 0 saturated heterocycles. The topological polar surface area (TPSA) is 0 Å². The largest absolute Gasteiger partial charge is 1.00 e. The molecule has 3 heteroatoms. The molecule has 0 aromatic carbocycles. The molecule has 0 aliphatic heterocycles. The maximum atomic E-state index is 3.91. The second-order valence-electron chi connectivity index (χ2n) is 10.1. The van der Waals surface area contributed by atoms with Gasteiger partial charge in [-0.25, -0.2) is 10.4 Å². The fraction of sp³-hybridized carbons (Fsp3) is 0.667. The summed E-state index contributed by atoms with van der Waals surface area (Å²) in [6, 6.07) is 2.49. The van der Waals surface area contributed by atoms with Crippen molar-refractivity contribution < 1.29 is 37.7 Å². The summed E-state index contributed by atoms with van der Waals surface area (Å²) in [7, 11) is -1.83. The van der Waals surface area contributed by atoms with Crippen LogP contribution in [0, 0.1) is 34.8 Å². The van der Waals surface area contributed by atoms with Gasteiger partial charge in [-0.15, -0.1) is 0 Å². The zero-order chi connectivity index (χ0) is 19.2. The number of hydrogen-bond donors (Lipinski definition) is 0. The van der Waals surface area contributed by atoms with E-state index in [2.05, 4.69) is 93.5 Å². The van der Waals surface area contributed by atoms with Gasteiger partial charge in [-0.1, -0.05) is 104 Å². The molecule has 2 aliphatic rings. The summed E-state index contributed by atoms with van der Waals surface area (Å²) < 4.78 is 0. The first-order valence-electron chi connectivity index (χ1n) is 10.1. The quantitative estimate of drug-likeness (QED) is 0.518. The molecule has 0 saturated carbocycles. The Morgan fingerprint density at radius 2 is 1.04 bits per heavy atom. The summed E-state index contributed by atoms with van der Waals surface area (Å²) in [5, 5.41) is 3.17. The van der Waals surface area contributed by atoms with Crippen molar-refractivity contribution in [2.45, 2.75) is 81.3 Å². The number of rotatable bonds is 4. The smallest absolute Gasteiger partial charge is 0.270 e. The average Bonchev–Trinajstić information content (AvgIpc) is 3.05. The van der Waals surface area contributed by atoms with Crippen LogP contribution in [0.15, 0.2) is 33.7 Å². The third-order valence-corrected chi connectivity index (χ3v) is 11.1. The molecule has 2 aliphatic carbocycles. The van der Waals surface area contributed by atoms with Crippen LogP contribution in [-0.4, -0.2) is 8.07 Å². The van der Waals surface area contributed by atoms with Gasteiger partial charge < -0.3 is 0 Å². The molecule has 2 unspecified atom stereocenters. The zero-order valence-electron chi connectivity index (χ0n) is 20.2. The van der Waals surface area contributed by atoms with Crippen LogP contribution in [0.5, 0.6) is 0 Å². The van der Waals surface area contributed by atoms with E-state index >= 15 is 0 Å². The van der Waals surface area contributed by atoms with E-state index in [1.54, 1.807) is 21.5 Å². The maximum Gasteiger partial charge on any atom is 1.00 e. The first-order chi connectivity index (χ1) is 11.4. The molecule has 27 heavy (non-hydrogen) atoms. The molecule has 0 amide bonds. The van der Waals surface area contributed by atoms with Crippen LogP contribution in [0.4, 0.5) is 0 Å². The van der Waals surface area contributed by atoms with E-state index in [9.17, 15) is 0 Å². The van der Waals surface area contributed by atoms with Crippen LogP contribution in [0.1, 0.15) is 69.2 Å². The Labute approximate surface area is 194 Å². The van der Waals surface area contributed by atoms with Gasteiger partial charge in [0.05, 0.1) is 0 Å². The zero-order valence-corrected chi connectivity index (χ0v) is 21.2. The molecule has 0 heterocycles. The number of hydrogen-bond acceptors (Lipinski definition) is 0. The van der Waals surface area contributed by atoms with E-state index in [1.165, 1.54) is 12.1 Å². The molecule has 0 nitrogen and oxygen atoms in total. The van der Waals surface area contributed by atoms with Crippen molar-refractivity contribution in [1.29, 1.82) is 0 Å². The van der Waals surface area contributed by atoms with E-state index in [-0.39, 0.29) is 48.6 Å². The SMILES string of the molecule is CC[Si](CC)(C1=[C-]C(C)C=C1C(C)(C)C)C1=[C-]C(C)C=C1C(C)(C)C.[Li+].[Li+]. The van der Waals surface area contributed by atoms with Gasteiger partial charge in [0.2, 0.25) is 0 Å². The van der Waals surface area contributed by atoms with Crippen LogP contribution in [0.3, 0.4) is 0 Å². The van der Waals surface area contributed by atoms with Gasteiger partial charge in [-0.05, 0) is 0 Å². The third kappa shape index (κ3) is 5.30. The van der Waals surface area contributed by atoms with Crippen molar-refractivity contribution in [3.8, 4) is 0 Å². The van der Waals surface area contributed by atoms with Gasteiger partial charge in [-0.3, -0.25) is 12.2 Å². The van der Waals surface area contributed by atoms with Crippen molar-refractivity contribution in [3.05, 3.63) is 45.8 Å². The van der Waals surface area contributed by atoms with E-state index < -0.39 is 8.07 Å².